The number of aliphatic hydroxyl groups excluding tert-OH is 2. The number of benzene rings is 2. The normalized spacial score (nSPS) is 13.0. The largest absolute Gasteiger partial charge is 0.394 e. The smallest absolute Gasteiger partial charge is 0.269 e. The van der Waals surface area contributed by atoms with Gasteiger partial charge in [-0.2, -0.15) is 0 Å². The number of nitro benzene ring substituents is 1. The highest BCUT2D eigenvalue weighted by molar-refractivity contribution is 5.90. The van der Waals surface area contributed by atoms with Gasteiger partial charge in [0, 0.05) is 35.5 Å². The fraction of sp³-hybridized carbons (Fsp3) is 0.136. The number of hydrogen-bond donors (Lipinski definition) is 3. The summed E-state index contributed by atoms with van der Waals surface area (Å²) < 4.78 is 0. The minimum absolute atomic E-state index is 0.0765. The number of nitro groups is 1. The number of nitrogens with zero attached hydrogens (tertiary/aromatic N) is 4. The predicted octanol–water partition coefficient (Wildman–Crippen LogP) is 3.11. The summed E-state index contributed by atoms with van der Waals surface area (Å²) in [5, 5.41) is 35.4. The lowest BCUT2D eigenvalue weighted by Gasteiger charge is -2.24. The summed E-state index contributed by atoms with van der Waals surface area (Å²) in [6, 6.07) is 15.8. The van der Waals surface area contributed by atoms with Crippen LogP contribution in [0.15, 0.2) is 73.1 Å². The average Bonchev–Trinajstić information content (AvgIpc) is 2.82. The first-order chi connectivity index (χ1) is 15.1. The SMILES string of the molecule is O=[N+]([O-])c1ccc([C@@H](O)[C@@H](CO)Nc2nc(-c3cccnc3)nc3ccccc23)cc1. The molecule has 0 bridgehead atoms. The van der Waals surface area contributed by atoms with E-state index in [1.54, 1.807) is 18.5 Å². The van der Waals surface area contributed by atoms with Crippen molar-refractivity contribution in [3.63, 3.8) is 0 Å². The summed E-state index contributed by atoms with van der Waals surface area (Å²) in [7, 11) is 0. The lowest BCUT2D eigenvalue weighted by Crippen LogP contribution is -2.31. The van der Waals surface area contributed by atoms with Crippen LogP contribution in [0.5, 0.6) is 0 Å². The first-order valence-corrected chi connectivity index (χ1v) is 9.54. The van der Waals surface area contributed by atoms with Gasteiger partial charge < -0.3 is 15.5 Å². The zero-order valence-electron chi connectivity index (χ0n) is 16.3. The van der Waals surface area contributed by atoms with Gasteiger partial charge in [-0.1, -0.05) is 12.1 Å². The zero-order valence-corrected chi connectivity index (χ0v) is 16.3. The molecule has 4 aromatic rings. The molecule has 2 atom stereocenters. The topological polar surface area (TPSA) is 134 Å². The molecule has 2 heterocycles. The van der Waals surface area contributed by atoms with E-state index in [0.717, 1.165) is 10.9 Å². The summed E-state index contributed by atoms with van der Waals surface area (Å²) in [6.07, 6.45) is 2.19. The number of para-hydroxylation sites is 1. The summed E-state index contributed by atoms with van der Waals surface area (Å²) >= 11 is 0. The van der Waals surface area contributed by atoms with Gasteiger partial charge in [-0.15, -0.1) is 0 Å². The van der Waals surface area contributed by atoms with Gasteiger partial charge in [-0.05, 0) is 42.0 Å². The first-order valence-electron chi connectivity index (χ1n) is 9.54. The minimum atomic E-state index is -1.12. The Kier molecular flexibility index (Phi) is 5.78. The summed E-state index contributed by atoms with van der Waals surface area (Å²) in [4.78, 5) is 23.6. The number of rotatable bonds is 7. The molecule has 0 amide bonds. The van der Waals surface area contributed by atoms with Crippen molar-refractivity contribution in [3.8, 4) is 11.4 Å². The summed E-state index contributed by atoms with van der Waals surface area (Å²) in [6.45, 7) is -0.390. The molecule has 9 nitrogen and oxygen atoms in total. The van der Waals surface area contributed by atoms with Gasteiger partial charge in [-0.3, -0.25) is 15.1 Å². The number of fused-ring (bicyclic) bond motifs is 1. The van der Waals surface area contributed by atoms with Crippen LogP contribution in [0.2, 0.25) is 0 Å². The quantitative estimate of drug-likeness (QED) is 0.308. The molecular weight excluding hydrogens is 398 g/mol. The van der Waals surface area contributed by atoms with Crippen molar-refractivity contribution >= 4 is 22.4 Å². The van der Waals surface area contributed by atoms with Gasteiger partial charge in [-0.25, -0.2) is 9.97 Å². The van der Waals surface area contributed by atoms with Crippen LogP contribution in [-0.4, -0.2) is 42.7 Å². The first kappa shape index (κ1) is 20.3. The summed E-state index contributed by atoms with van der Waals surface area (Å²) in [5.41, 5.74) is 1.78. The lowest BCUT2D eigenvalue weighted by molar-refractivity contribution is -0.384. The van der Waals surface area contributed by atoms with E-state index in [2.05, 4.69) is 20.3 Å². The second-order valence-corrected chi connectivity index (χ2v) is 6.88. The number of hydrogen-bond acceptors (Lipinski definition) is 8. The molecule has 2 aromatic heterocycles. The van der Waals surface area contributed by atoms with Crippen LogP contribution in [0, 0.1) is 10.1 Å². The molecule has 4 rings (SSSR count). The molecule has 0 spiro atoms. The third-order valence-corrected chi connectivity index (χ3v) is 4.87. The van der Waals surface area contributed by atoms with E-state index in [1.165, 1.54) is 24.3 Å². The highest BCUT2D eigenvalue weighted by atomic mass is 16.6. The maximum absolute atomic E-state index is 10.9. The highest BCUT2D eigenvalue weighted by Crippen LogP contribution is 2.28. The Morgan fingerprint density at radius 2 is 1.81 bits per heavy atom. The molecule has 3 N–H and O–H groups in total. The third-order valence-electron chi connectivity index (χ3n) is 4.87. The highest BCUT2D eigenvalue weighted by Gasteiger charge is 2.23. The number of non-ortho nitro benzene ring substituents is 1. The monoisotopic (exact) mass is 417 g/mol. The van der Waals surface area contributed by atoms with Crippen LogP contribution in [-0.2, 0) is 0 Å². The van der Waals surface area contributed by atoms with Crippen LogP contribution in [0.3, 0.4) is 0 Å². The fourth-order valence-electron chi connectivity index (χ4n) is 3.24. The molecule has 0 aliphatic rings. The van der Waals surface area contributed by atoms with Crippen LogP contribution in [0.4, 0.5) is 11.5 Å². The van der Waals surface area contributed by atoms with Crippen molar-refractivity contribution in [1.29, 1.82) is 0 Å². The van der Waals surface area contributed by atoms with Crippen LogP contribution in [0.25, 0.3) is 22.3 Å². The maximum Gasteiger partial charge on any atom is 0.269 e. The van der Waals surface area contributed by atoms with Crippen molar-refractivity contribution in [2.24, 2.45) is 0 Å². The Labute approximate surface area is 177 Å². The van der Waals surface area contributed by atoms with Crippen LogP contribution in [0.1, 0.15) is 11.7 Å². The second kappa shape index (κ2) is 8.82. The van der Waals surface area contributed by atoms with Gasteiger partial charge >= 0.3 is 0 Å². The molecule has 31 heavy (non-hydrogen) atoms. The van der Waals surface area contributed by atoms with E-state index < -0.39 is 23.7 Å². The third kappa shape index (κ3) is 4.32. The van der Waals surface area contributed by atoms with E-state index >= 15 is 0 Å². The average molecular weight is 417 g/mol. The van der Waals surface area contributed by atoms with E-state index in [4.69, 9.17) is 0 Å². The lowest BCUT2D eigenvalue weighted by atomic mass is 10.0. The van der Waals surface area contributed by atoms with Crippen molar-refractivity contribution in [1.82, 2.24) is 15.0 Å². The predicted molar refractivity (Wildman–Crippen MR) is 115 cm³/mol. The van der Waals surface area contributed by atoms with Crippen molar-refractivity contribution in [2.75, 3.05) is 11.9 Å². The molecule has 0 saturated heterocycles. The van der Waals surface area contributed by atoms with Gasteiger partial charge in [0.05, 0.1) is 23.1 Å². The second-order valence-electron chi connectivity index (χ2n) is 6.88. The molecule has 156 valence electrons. The molecule has 0 aliphatic heterocycles. The van der Waals surface area contributed by atoms with Gasteiger partial charge in [0.25, 0.3) is 5.69 Å². The zero-order chi connectivity index (χ0) is 21.8. The van der Waals surface area contributed by atoms with E-state index in [1.807, 2.05) is 30.3 Å². The molecule has 0 aliphatic carbocycles. The minimum Gasteiger partial charge on any atom is -0.394 e. The Hall–Kier alpha value is -3.95. The van der Waals surface area contributed by atoms with Crippen molar-refractivity contribution in [2.45, 2.75) is 12.1 Å². The molecule has 2 aromatic carbocycles. The number of pyridine rings is 1. The van der Waals surface area contributed by atoms with Crippen LogP contribution >= 0.6 is 0 Å². The molecule has 9 heteroatoms. The molecule has 0 unspecified atom stereocenters. The Morgan fingerprint density at radius 1 is 1.03 bits per heavy atom. The standard InChI is InChI=1S/C22H19N5O4/c28-13-19(20(29)14-7-9-16(10-8-14)27(30)31)25-22-17-5-1-2-6-18(17)24-21(26-22)15-4-3-11-23-12-15/h1-12,19-20,28-29H,13H2,(H,24,25,26)/t19-,20-/m1/s1. The van der Waals surface area contributed by atoms with E-state index in [0.29, 0.717) is 22.7 Å². The maximum atomic E-state index is 10.9. The van der Waals surface area contributed by atoms with Gasteiger partial charge in [0.2, 0.25) is 0 Å². The summed E-state index contributed by atoms with van der Waals surface area (Å²) in [5.74, 6) is 0.903. The van der Waals surface area contributed by atoms with Gasteiger partial charge in [0.15, 0.2) is 5.82 Å². The fourth-order valence-corrected chi connectivity index (χ4v) is 3.24. The number of aliphatic hydroxyl groups is 2. The van der Waals surface area contributed by atoms with E-state index in [9.17, 15) is 20.3 Å². The number of anilines is 1. The Balaban J connectivity index is 1.69. The number of aromatic nitrogens is 3. The van der Waals surface area contributed by atoms with Crippen LogP contribution < -0.4 is 5.32 Å². The molecule has 0 saturated carbocycles. The van der Waals surface area contributed by atoms with Crippen molar-refractivity contribution in [3.05, 3.63) is 88.7 Å². The molecule has 0 fully saturated rings. The Bertz CT molecular complexity index is 1200. The molecule has 0 radical (unpaired) electrons. The van der Waals surface area contributed by atoms with Gasteiger partial charge in [0.1, 0.15) is 11.9 Å². The number of nitrogens with one attached hydrogen (secondary N) is 1. The Morgan fingerprint density at radius 3 is 2.48 bits per heavy atom. The molecular formula is C22H19N5O4. The van der Waals surface area contributed by atoms with Crippen molar-refractivity contribution < 1.29 is 15.1 Å². The van der Waals surface area contributed by atoms with E-state index in [-0.39, 0.29) is 5.69 Å².